The number of carbonyl (C=O) groups excluding carboxylic acids is 3. The molecular weight excluding hydrogens is 985 g/mol. The van der Waals surface area contributed by atoms with E-state index in [0.717, 1.165) is 70.6 Å². The van der Waals surface area contributed by atoms with Gasteiger partial charge in [0, 0.05) is 19.3 Å². The number of ether oxygens (including phenoxy) is 3. The van der Waals surface area contributed by atoms with Crippen LogP contribution < -0.4 is 0 Å². The molecule has 468 valence electrons. The van der Waals surface area contributed by atoms with Crippen LogP contribution in [0.2, 0.25) is 0 Å². The maximum atomic E-state index is 12.9. The first kappa shape index (κ1) is 77.4. The smallest absolute Gasteiger partial charge is 0.306 e. The zero-order valence-electron chi connectivity index (χ0n) is 53.9. The Balaban J connectivity index is 4.07. The van der Waals surface area contributed by atoms with Gasteiger partial charge >= 0.3 is 17.9 Å². The first-order valence-electron chi connectivity index (χ1n) is 35.6. The molecule has 0 fully saturated rings. The van der Waals surface area contributed by atoms with Crippen molar-refractivity contribution in [1.82, 2.24) is 0 Å². The van der Waals surface area contributed by atoms with Gasteiger partial charge in [0.05, 0.1) is 0 Å². The van der Waals surface area contributed by atoms with Gasteiger partial charge in [0.1, 0.15) is 13.2 Å². The van der Waals surface area contributed by atoms with Crippen molar-refractivity contribution in [3.63, 3.8) is 0 Å². The minimum absolute atomic E-state index is 0.0683. The van der Waals surface area contributed by atoms with Gasteiger partial charge in [-0.05, 0) is 83.5 Å². The van der Waals surface area contributed by atoms with Crippen LogP contribution in [0.3, 0.4) is 0 Å². The Hall–Kier alpha value is -2.63. The van der Waals surface area contributed by atoms with Gasteiger partial charge < -0.3 is 14.2 Å². The molecule has 0 aromatic carbocycles. The lowest BCUT2D eigenvalue weighted by molar-refractivity contribution is -0.167. The molecule has 6 nitrogen and oxygen atoms in total. The molecule has 0 aliphatic carbocycles. The van der Waals surface area contributed by atoms with Gasteiger partial charge in [0.25, 0.3) is 0 Å². The fraction of sp³-hybridized carbons (Fsp3) is 0.851. The van der Waals surface area contributed by atoms with Gasteiger partial charge in [0.2, 0.25) is 0 Å². The predicted molar refractivity (Wildman–Crippen MR) is 349 cm³/mol. The van der Waals surface area contributed by atoms with Crippen LogP contribution in [-0.4, -0.2) is 37.2 Å². The van der Waals surface area contributed by atoms with Crippen LogP contribution in [0.25, 0.3) is 0 Å². The SMILES string of the molecule is CCCCCCC/C=C\C/C=C\CCCCCCCCCCCCCCCCCCCC(=O)OCC(COC(=O)CCCCCCCCCC)OC(=O)CCCCCCCCCCCCCCC/C=C\C/C=C\CCCCCCC. The second kappa shape index (κ2) is 68.9. The maximum absolute atomic E-state index is 12.9. The molecular formula is C74H136O6. The van der Waals surface area contributed by atoms with Crippen molar-refractivity contribution in [2.45, 2.75) is 393 Å². The number of unbranched alkanes of at least 4 members (excludes halogenated alkanes) is 47. The standard InChI is InChI=1S/C74H136O6/c1-4-7-10-13-16-19-21-23-25-27-29-31-33-35-36-37-38-40-41-43-45-47-49-51-53-55-58-61-64-67-73(76)79-70-71(69-78-72(75)66-63-60-57-18-15-12-9-6-3)80-74(77)68-65-62-59-56-54-52-50-48-46-44-42-39-34-32-30-28-26-24-22-20-17-14-11-8-5-2/h21-24,27-30,71H,4-20,25-26,31-70H2,1-3H3/b23-21-,24-22-,29-27-,30-28-. The molecule has 0 N–H and O–H groups in total. The zero-order chi connectivity index (χ0) is 57.8. The highest BCUT2D eigenvalue weighted by molar-refractivity contribution is 5.71. The van der Waals surface area contributed by atoms with Crippen LogP contribution in [0.4, 0.5) is 0 Å². The van der Waals surface area contributed by atoms with Crippen molar-refractivity contribution in [3.8, 4) is 0 Å². The van der Waals surface area contributed by atoms with E-state index in [-0.39, 0.29) is 31.1 Å². The molecule has 1 atom stereocenters. The molecule has 6 heteroatoms. The summed E-state index contributed by atoms with van der Waals surface area (Å²) in [5.41, 5.74) is 0. The lowest BCUT2D eigenvalue weighted by Gasteiger charge is -2.18. The lowest BCUT2D eigenvalue weighted by atomic mass is 10.0. The van der Waals surface area contributed by atoms with Gasteiger partial charge in [-0.15, -0.1) is 0 Å². The van der Waals surface area contributed by atoms with E-state index in [1.807, 2.05) is 0 Å². The van der Waals surface area contributed by atoms with Crippen molar-refractivity contribution >= 4 is 17.9 Å². The molecule has 0 bridgehead atoms. The van der Waals surface area contributed by atoms with E-state index in [1.165, 1.54) is 276 Å². The monoisotopic (exact) mass is 1120 g/mol. The van der Waals surface area contributed by atoms with E-state index < -0.39 is 6.10 Å². The van der Waals surface area contributed by atoms with Gasteiger partial charge in [-0.3, -0.25) is 14.4 Å². The Morgan fingerprint density at radius 2 is 0.450 bits per heavy atom. The molecule has 0 aromatic heterocycles. The van der Waals surface area contributed by atoms with E-state index in [0.29, 0.717) is 19.3 Å². The van der Waals surface area contributed by atoms with Crippen LogP contribution in [-0.2, 0) is 28.6 Å². The summed E-state index contributed by atoms with van der Waals surface area (Å²) in [7, 11) is 0. The number of hydrogen-bond donors (Lipinski definition) is 0. The quantitative estimate of drug-likeness (QED) is 0.0261. The first-order valence-corrected chi connectivity index (χ1v) is 35.6. The summed E-state index contributed by atoms with van der Waals surface area (Å²) in [5.74, 6) is -0.849. The summed E-state index contributed by atoms with van der Waals surface area (Å²) in [6.07, 6.45) is 87.4. The number of allylic oxidation sites excluding steroid dienone is 8. The van der Waals surface area contributed by atoms with Crippen LogP contribution in [0.5, 0.6) is 0 Å². The largest absolute Gasteiger partial charge is 0.462 e. The molecule has 0 heterocycles. The predicted octanol–water partition coefficient (Wildman–Crippen LogP) is 24.5. The minimum Gasteiger partial charge on any atom is -0.462 e. The average molecular weight is 1120 g/mol. The molecule has 80 heavy (non-hydrogen) atoms. The lowest BCUT2D eigenvalue weighted by Crippen LogP contribution is -2.30. The first-order chi connectivity index (χ1) is 39.5. The Morgan fingerprint density at radius 1 is 0.250 bits per heavy atom. The summed E-state index contributed by atoms with van der Waals surface area (Å²) < 4.78 is 16.9. The number of hydrogen-bond acceptors (Lipinski definition) is 6. The highest BCUT2D eigenvalue weighted by Gasteiger charge is 2.19. The average Bonchev–Trinajstić information content (AvgIpc) is 3.46. The third-order valence-electron chi connectivity index (χ3n) is 16.1. The zero-order valence-corrected chi connectivity index (χ0v) is 53.9. The van der Waals surface area contributed by atoms with Gasteiger partial charge in [-0.25, -0.2) is 0 Å². The Bertz CT molecular complexity index is 1380. The molecule has 1 unspecified atom stereocenters. The van der Waals surface area contributed by atoms with Crippen molar-refractivity contribution in [1.29, 1.82) is 0 Å². The van der Waals surface area contributed by atoms with Crippen LogP contribution >= 0.6 is 0 Å². The van der Waals surface area contributed by atoms with Crippen LogP contribution in [0, 0.1) is 0 Å². The topological polar surface area (TPSA) is 78.9 Å². The third-order valence-corrected chi connectivity index (χ3v) is 16.1. The Morgan fingerprint density at radius 3 is 0.688 bits per heavy atom. The third kappa shape index (κ3) is 66.2. The van der Waals surface area contributed by atoms with Crippen LogP contribution in [0.1, 0.15) is 387 Å². The second-order valence-electron chi connectivity index (χ2n) is 24.1. The minimum atomic E-state index is -0.770. The number of esters is 3. The summed E-state index contributed by atoms with van der Waals surface area (Å²) in [5, 5.41) is 0. The molecule has 0 spiro atoms. The molecule has 0 saturated heterocycles. The Labute approximate surface area is 498 Å². The summed E-state index contributed by atoms with van der Waals surface area (Å²) in [6, 6.07) is 0. The molecule has 0 amide bonds. The summed E-state index contributed by atoms with van der Waals surface area (Å²) >= 11 is 0. The van der Waals surface area contributed by atoms with Crippen molar-refractivity contribution in [2.24, 2.45) is 0 Å². The van der Waals surface area contributed by atoms with E-state index in [9.17, 15) is 14.4 Å². The fourth-order valence-electron chi connectivity index (χ4n) is 10.7. The molecule has 0 aliphatic rings. The molecule has 0 radical (unpaired) electrons. The number of carbonyl (C=O) groups is 3. The normalized spacial score (nSPS) is 12.3. The molecule has 0 saturated carbocycles. The molecule has 0 aromatic rings. The second-order valence-corrected chi connectivity index (χ2v) is 24.1. The summed E-state index contributed by atoms with van der Waals surface area (Å²) in [4.78, 5) is 38.2. The van der Waals surface area contributed by atoms with Gasteiger partial charge in [0.15, 0.2) is 6.10 Å². The van der Waals surface area contributed by atoms with Crippen molar-refractivity contribution < 1.29 is 28.6 Å². The van der Waals surface area contributed by atoms with Crippen molar-refractivity contribution in [3.05, 3.63) is 48.6 Å². The van der Waals surface area contributed by atoms with E-state index in [2.05, 4.69) is 69.4 Å². The highest BCUT2D eigenvalue weighted by atomic mass is 16.6. The van der Waals surface area contributed by atoms with Crippen molar-refractivity contribution in [2.75, 3.05) is 13.2 Å². The Kier molecular flexibility index (Phi) is 66.6. The maximum Gasteiger partial charge on any atom is 0.306 e. The molecule has 0 rings (SSSR count). The van der Waals surface area contributed by atoms with Gasteiger partial charge in [-0.1, -0.05) is 333 Å². The van der Waals surface area contributed by atoms with Crippen LogP contribution in [0.15, 0.2) is 48.6 Å². The van der Waals surface area contributed by atoms with E-state index in [4.69, 9.17) is 14.2 Å². The highest BCUT2D eigenvalue weighted by Crippen LogP contribution is 2.18. The fourth-order valence-corrected chi connectivity index (χ4v) is 10.7. The summed E-state index contributed by atoms with van der Waals surface area (Å²) in [6.45, 7) is 6.65. The van der Waals surface area contributed by atoms with Gasteiger partial charge in [-0.2, -0.15) is 0 Å². The number of rotatable bonds is 66. The van der Waals surface area contributed by atoms with E-state index in [1.54, 1.807) is 0 Å². The molecule has 0 aliphatic heterocycles. The van der Waals surface area contributed by atoms with E-state index >= 15 is 0 Å².